The van der Waals surface area contributed by atoms with Gasteiger partial charge in [-0.1, -0.05) is 175 Å². The number of nitrogens with zero attached hydrogens (tertiary/aromatic N) is 3. The van der Waals surface area contributed by atoms with Crippen LogP contribution in [0.2, 0.25) is 0 Å². The van der Waals surface area contributed by atoms with E-state index in [2.05, 4.69) is 221 Å². The first-order valence-electron chi connectivity index (χ1n) is 31.9. The molecule has 0 N–H and O–H groups in total. The molecule has 0 bridgehead atoms. The highest BCUT2D eigenvalue weighted by molar-refractivity contribution is 7.00. The predicted octanol–water partition coefficient (Wildman–Crippen LogP) is 18.7. The van der Waals surface area contributed by atoms with Crippen LogP contribution in [0.3, 0.4) is 0 Å². The molecular formula is C78H76BN3. The van der Waals surface area contributed by atoms with Crippen LogP contribution in [0.5, 0.6) is 0 Å². The fraction of sp³-hybridized carbons (Fsp3) is 0.308. The number of aromatic nitrogens is 1. The molecule has 2 aliphatic heterocycles. The number of benzene rings is 7. The number of hydrogen-bond acceptors (Lipinski definition) is 2. The summed E-state index contributed by atoms with van der Waals surface area (Å²) in [7, 11) is 0. The number of fused-ring (bicyclic) bond motifs is 7. The predicted molar refractivity (Wildman–Crippen MR) is 349 cm³/mol. The minimum Gasteiger partial charge on any atom is -0.334 e. The monoisotopic (exact) mass is 1070 g/mol. The van der Waals surface area contributed by atoms with Crippen molar-refractivity contribution in [1.82, 2.24) is 4.57 Å². The van der Waals surface area contributed by atoms with Gasteiger partial charge in [-0.25, -0.2) is 0 Å². The maximum Gasteiger partial charge on any atom is 0.252 e. The molecule has 6 unspecified atom stereocenters. The highest BCUT2D eigenvalue weighted by Crippen LogP contribution is 2.53. The van der Waals surface area contributed by atoms with Crippen molar-refractivity contribution in [2.75, 3.05) is 9.80 Å². The molecular weight excluding hydrogens is 990 g/mol. The molecule has 0 fully saturated rings. The van der Waals surface area contributed by atoms with Gasteiger partial charge in [0.1, 0.15) is 0 Å². The SMILES string of the molecule is C1=CCC(C2=CCCC(C3=CCCCC3)C2N2c3ccc(-c4ccccc4)cc3B3c4ccc(-n5c6ccccc6c6ccccc65)cc4N(C4C(C5CC=CCC5)=CCCC4C4=CCCCC4)c4cc(-c5ccccc5)cc2c43)CC1. The Morgan fingerprint density at radius 2 is 0.927 bits per heavy atom. The van der Waals surface area contributed by atoms with Crippen molar-refractivity contribution in [3.8, 4) is 27.9 Å². The molecule has 82 heavy (non-hydrogen) atoms. The van der Waals surface area contributed by atoms with Crippen LogP contribution in [0.25, 0.3) is 49.7 Å². The third-order valence-electron chi connectivity index (χ3n) is 21.0. The van der Waals surface area contributed by atoms with Gasteiger partial charge in [0.05, 0.1) is 23.1 Å². The molecule has 6 aliphatic carbocycles. The van der Waals surface area contributed by atoms with Crippen LogP contribution in [-0.4, -0.2) is 23.4 Å². The Morgan fingerprint density at radius 3 is 1.48 bits per heavy atom. The van der Waals surface area contributed by atoms with Crippen LogP contribution in [-0.2, 0) is 0 Å². The van der Waals surface area contributed by atoms with Gasteiger partial charge in [-0.15, -0.1) is 0 Å². The van der Waals surface area contributed by atoms with Gasteiger partial charge in [-0.3, -0.25) is 0 Å². The molecule has 4 heteroatoms. The zero-order valence-electron chi connectivity index (χ0n) is 47.7. The minimum atomic E-state index is 0.00477. The number of rotatable bonds is 9. The summed E-state index contributed by atoms with van der Waals surface area (Å²) in [5, 5.41) is 2.61. The molecule has 0 saturated carbocycles. The molecule has 16 rings (SSSR count). The first kappa shape index (κ1) is 50.2. The van der Waals surface area contributed by atoms with E-state index in [1.807, 2.05) is 0 Å². The van der Waals surface area contributed by atoms with Crippen LogP contribution >= 0.6 is 0 Å². The summed E-state index contributed by atoms with van der Waals surface area (Å²) in [6.07, 6.45) is 42.6. The van der Waals surface area contributed by atoms with Crippen molar-refractivity contribution < 1.29 is 0 Å². The third kappa shape index (κ3) is 8.51. The first-order chi connectivity index (χ1) is 40.7. The van der Waals surface area contributed by atoms with E-state index in [1.54, 1.807) is 22.3 Å². The Hall–Kier alpha value is -7.56. The van der Waals surface area contributed by atoms with Crippen molar-refractivity contribution in [1.29, 1.82) is 0 Å². The number of anilines is 4. The van der Waals surface area contributed by atoms with Crippen molar-refractivity contribution in [3.63, 3.8) is 0 Å². The summed E-state index contributed by atoms with van der Waals surface area (Å²) in [6.45, 7) is 0.00477. The van der Waals surface area contributed by atoms with Crippen molar-refractivity contribution in [2.45, 2.75) is 128 Å². The van der Waals surface area contributed by atoms with E-state index in [9.17, 15) is 0 Å². The van der Waals surface area contributed by atoms with Gasteiger partial charge in [0.15, 0.2) is 0 Å². The van der Waals surface area contributed by atoms with Crippen molar-refractivity contribution >= 4 is 67.7 Å². The summed E-state index contributed by atoms with van der Waals surface area (Å²) >= 11 is 0. The van der Waals surface area contributed by atoms with Gasteiger partial charge in [-0.05, 0) is 220 Å². The number of hydrogen-bond donors (Lipinski definition) is 0. The largest absolute Gasteiger partial charge is 0.334 e. The molecule has 6 atom stereocenters. The molecule has 0 saturated heterocycles. The summed E-state index contributed by atoms with van der Waals surface area (Å²) in [6, 6.07) is 62.2. The topological polar surface area (TPSA) is 11.4 Å². The Kier molecular flexibility index (Phi) is 13.1. The first-order valence-corrected chi connectivity index (χ1v) is 31.9. The summed E-state index contributed by atoms with van der Waals surface area (Å²) in [5.41, 5.74) is 25.7. The Bertz CT molecular complexity index is 3910. The van der Waals surface area contributed by atoms with E-state index in [0.29, 0.717) is 23.7 Å². The lowest BCUT2D eigenvalue weighted by atomic mass is 9.33. The van der Waals surface area contributed by atoms with Crippen molar-refractivity contribution in [3.05, 3.63) is 229 Å². The minimum absolute atomic E-state index is 0.00477. The molecule has 0 amide bonds. The van der Waals surface area contributed by atoms with Crippen LogP contribution in [0.4, 0.5) is 22.7 Å². The van der Waals surface area contributed by atoms with Gasteiger partial charge in [-0.2, -0.15) is 0 Å². The van der Waals surface area contributed by atoms with Gasteiger partial charge in [0.2, 0.25) is 0 Å². The normalized spacial score (nSPS) is 24.1. The lowest BCUT2D eigenvalue weighted by Gasteiger charge is -2.53. The van der Waals surface area contributed by atoms with Crippen LogP contribution < -0.4 is 26.2 Å². The molecule has 1 aromatic heterocycles. The summed E-state index contributed by atoms with van der Waals surface area (Å²) < 4.78 is 2.58. The molecule has 0 spiro atoms. The Morgan fingerprint density at radius 1 is 0.378 bits per heavy atom. The van der Waals surface area contributed by atoms with Gasteiger partial charge < -0.3 is 14.4 Å². The lowest BCUT2D eigenvalue weighted by Crippen LogP contribution is -2.65. The van der Waals surface area contributed by atoms with Gasteiger partial charge in [0.25, 0.3) is 6.71 Å². The van der Waals surface area contributed by atoms with E-state index in [4.69, 9.17) is 0 Å². The van der Waals surface area contributed by atoms with E-state index >= 15 is 0 Å². The van der Waals surface area contributed by atoms with E-state index in [-0.39, 0.29) is 18.8 Å². The maximum absolute atomic E-state index is 3.03. The quantitative estimate of drug-likeness (QED) is 0.105. The molecule has 7 aromatic carbocycles. The number of para-hydroxylation sites is 2. The summed E-state index contributed by atoms with van der Waals surface area (Å²) in [4.78, 5) is 6.04. The molecule has 406 valence electrons. The molecule has 0 radical (unpaired) electrons. The molecule has 8 aromatic rings. The smallest absolute Gasteiger partial charge is 0.252 e. The zero-order valence-corrected chi connectivity index (χ0v) is 47.7. The summed E-state index contributed by atoms with van der Waals surface area (Å²) in [5.74, 6) is 1.89. The average Bonchev–Trinajstić information content (AvgIpc) is 1.54. The van der Waals surface area contributed by atoms with Crippen LogP contribution in [0.1, 0.15) is 116 Å². The fourth-order valence-corrected chi connectivity index (χ4v) is 17.3. The second-order valence-electron chi connectivity index (χ2n) is 25.4. The number of allylic oxidation sites excluding steroid dienone is 8. The average molecular weight is 1070 g/mol. The lowest BCUT2D eigenvalue weighted by molar-refractivity contribution is 0.391. The maximum atomic E-state index is 3.03. The second kappa shape index (κ2) is 21.3. The van der Waals surface area contributed by atoms with E-state index in [1.165, 1.54) is 166 Å². The highest BCUT2D eigenvalue weighted by Gasteiger charge is 2.51. The highest BCUT2D eigenvalue weighted by atomic mass is 15.2. The standard InChI is InChI=1S/C78H76BN3/c1-7-25-53(26-8-1)59-45-48-72-69(49-59)79-68-47-46-61(80-70-43-21-19-37-66(70)67-38-20-22-44-71(67)80)52-73(68)82(78-64(57-33-15-5-16-34-57)41-24-42-65(78)58-35-17-6-18-36-58)75-51-60(54-27-9-2-10-28-54)50-74(76(75)79)81(72)77-62(55-29-11-3-12-30-55)39-23-40-63(77)56-31-13-4-14-32-56/h1-3,5,7-11,15,19-22,25-28,31,35,37-39,41,43-52,55,57,63,65,77-78H,4,6,12-14,16-18,23-24,29-30,32-34,36,40,42H2. The van der Waals surface area contributed by atoms with Crippen molar-refractivity contribution in [2.24, 2.45) is 23.7 Å². The Balaban J connectivity index is 1.03. The second-order valence-corrected chi connectivity index (χ2v) is 25.4. The van der Waals surface area contributed by atoms with Crippen LogP contribution in [0, 0.1) is 23.7 Å². The molecule has 8 aliphatic rings. The fourth-order valence-electron chi connectivity index (χ4n) is 17.3. The third-order valence-corrected chi connectivity index (χ3v) is 21.0. The zero-order chi connectivity index (χ0) is 54.1. The molecule has 3 heterocycles. The van der Waals surface area contributed by atoms with Crippen LogP contribution in [0.15, 0.2) is 229 Å². The van der Waals surface area contributed by atoms with Gasteiger partial charge >= 0.3 is 0 Å². The van der Waals surface area contributed by atoms with E-state index < -0.39 is 0 Å². The Labute approximate surface area is 487 Å². The molecule has 3 nitrogen and oxygen atoms in total. The van der Waals surface area contributed by atoms with E-state index in [0.717, 1.165) is 38.5 Å². The van der Waals surface area contributed by atoms with Gasteiger partial charge in [0, 0.05) is 51.0 Å².